The molecule has 3 aromatic rings. The Balaban J connectivity index is 1.59. The molecule has 6 nitrogen and oxygen atoms in total. The Hall–Kier alpha value is -2.63. The zero-order valence-electron chi connectivity index (χ0n) is 12.6. The predicted octanol–water partition coefficient (Wildman–Crippen LogP) is 3.23. The topological polar surface area (TPSA) is 73.1 Å². The average molecular weight is 298 g/mol. The zero-order chi connectivity index (χ0) is 15.4. The number of hydrogen-bond donors (Lipinski definition) is 1. The van der Waals surface area contributed by atoms with E-state index in [1.807, 2.05) is 12.1 Å². The molecule has 0 radical (unpaired) electrons. The lowest BCUT2D eigenvalue weighted by atomic mass is 9.98. The number of ether oxygens (including phenoxy) is 1. The van der Waals surface area contributed by atoms with Crippen LogP contribution in [0.3, 0.4) is 0 Å². The van der Waals surface area contributed by atoms with Crippen molar-refractivity contribution in [3.63, 3.8) is 0 Å². The Bertz CT molecular complexity index is 739. The van der Waals surface area contributed by atoms with Gasteiger partial charge in [-0.25, -0.2) is 4.98 Å². The lowest BCUT2D eigenvalue weighted by Crippen LogP contribution is -2.07. The maximum atomic E-state index is 5.18. The highest BCUT2D eigenvalue weighted by Gasteiger charge is 2.09. The van der Waals surface area contributed by atoms with E-state index in [1.54, 1.807) is 13.3 Å². The quantitative estimate of drug-likeness (QED) is 0.753. The van der Waals surface area contributed by atoms with Crippen LogP contribution in [-0.4, -0.2) is 28.8 Å². The number of rotatable bonds is 6. The second-order valence-corrected chi connectivity index (χ2v) is 5.16. The number of fused-ring (bicyclic) bond motifs is 1. The molecule has 0 amide bonds. The van der Waals surface area contributed by atoms with E-state index < -0.39 is 0 Å². The van der Waals surface area contributed by atoms with Crippen molar-refractivity contribution in [2.24, 2.45) is 0 Å². The summed E-state index contributed by atoms with van der Waals surface area (Å²) in [5.41, 5.74) is 1.79. The molecule has 3 rings (SSSR count). The van der Waals surface area contributed by atoms with Gasteiger partial charge in [0.25, 0.3) is 5.71 Å². The van der Waals surface area contributed by atoms with Gasteiger partial charge in [-0.2, -0.15) is 4.98 Å². The largest absolute Gasteiger partial charge is 0.497 e. The molecule has 0 fully saturated rings. The Morgan fingerprint density at radius 3 is 2.82 bits per heavy atom. The molecule has 2 aromatic heterocycles. The third-order valence-corrected chi connectivity index (χ3v) is 3.72. The van der Waals surface area contributed by atoms with Crippen molar-refractivity contribution in [3.05, 3.63) is 42.4 Å². The normalized spacial score (nSPS) is 12.3. The summed E-state index contributed by atoms with van der Waals surface area (Å²) in [4.78, 5) is 8.25. The van der Waals surface area contributed by atoms with Crippen LogP contribution in [0.15, 0.2) is 41.3 Å². The van der Waals surface area contributed by atoms with Gasteiger partial charge >= 0.3 is 0 Å². The Morgan fingerprint density at radius 1 is 1.23 bits per heavy atom. The molecule has 22 heavy (non-hydrogen) atoms. The standard InChI is InChI=1S/C16H18N4O2/c1-11(12-3-5-13(21-2)6-4-12)7-8-17-15-14-9-20-22-16(14)19-10-18-15/h3-6,9-11H,7-8H2,1-2H3,(H,17,18,19)/t11-/m1/s1. The minimum atomic E-state index is 0.443. The Kier molecular flexibility index (Phi) is 4.18. The van der Waals surface area contributed by atoms with Crippen LogP contribution in [0.4, 0.5) is 5.82 Å². The highest BCUT2D eigenvalue weighted by Crippen LogP contribution is 2.23. The number of aromatic nitrogens is 3. The molecular formula is C16H18N4O2. The fourth-order valence-electron chi connectivity index (χ4n) is 2.34. The summed E-state index contributed by atoms with van der Waals surface area (Å²) < 4.78 is 10.2. The first-order valence-corrected chi connectivity index (χ1v) is 7.21. The van der Waals surface area contributed by atoms with Crippen molar-refractivity contribution < 1.29 is 9.26 Å². The summed E-state index contributed by atoms with van der Waals surface area (Å²) in [6, 6.07) is 8.19. The number of benzene rings is 1. The monoisotopic (exact) mass is 298 g/mol. The molecule has 1 aromatic carbocycles. The minimum absolute atomic E-state index is 0.443. The second-order valence-electron chi connectivity index (χ2n) is 5.16. The summed E-state index contributed by atoms with van der Waals surface area (Å²) in [5.74, 6) is 2.08. The smallest absolute Gasteiger partial charge is 0.262 e. The first-order chi connectivity index (χ1) is 10.8. The number of nitrogens with zero attached hydrogens (tertiary/aromatic N) is 3. The van der Waals surface area contributed by atoms with Gasteiger partial charge in [-0.1, -0.05) is 24.2 Å². The molecule has 0 saturated carbocycles. The molecular weight excluding hydrogens is 280 g/mol. The molecule has 0 bridgehead atoms. The Morgan fingerprint density at radius 2 is 2.05 bits per heavy atom. The highest BCUT2D eigenvalue weighted by atomic mass is 16.5. The zero-order valence-corrected chi connectivity index (χ0v) is 12.6. The lowest BCUT2D eigenvalue weighted by Gasteiger charge is -2.13. The van der Waals surface area contributed by atoms with Crippen molar-refractivity contribution in [2.75, 3.05) is 19.0 Å². The van der Waals surface area contributed by atoms with E-state index >= 15 is 0 Å². The molecule has 1 N–H and O–H groups in total. The van der Waals surface area contributed by atoms with Gasteiger partial charge in [-0.05, 0) is 30.0 Å². The van der Waals surface area contributed by atoms with Crippen molar-refractivity contribution in [2.45, 2.75) is 19.3 Å². The minimum Gasteiger partial charge on any atom is -0.497 e. The number of nitrogens with one attached hydrogen (secondary N) is 1. The molecule has 2 heterocycles. The van der Waals surface area contributed by atoms with Crippen LogP contribution in [0.2, 0.25) is 0 Å². The van der Waals surface area contributed by atoms with Gasteiger partial charge in [-0.3, -0.25) is 0 Å². The van der Waals surface area contributed by atoms with Crippen LogP contribution in [-0.2, 0) is 0 Å². The van der Waals surface area contributed by atoms with Crippen LogP contribution in [0.1, 0.15) is 24.8 Å². The number of hydrogen-bond acceptors (Lipinski definition) is 6. The summed E-state index contributed by atoms with van der Waals surface area (Å²) in [5, 5.41) is 7.87. The van der Waals surface area contributed by atoms with E-state index in [0.29, 0.717) is 11.6 Å². The maximum Gasteiger partial charge on any atom is 0.262 e. The third kappa shape index (κ3) is 3.00. The number of methoxy groups -OCH3 is 1. The molecule has 0 aliphatic heterocycles. The van der Waals surface area contributed by atoms with E-state index in [-0.39, 0.29) is 0 Å². The van der Waals surface area contributed by atoms with Gasteiger partial charge in [0.05, 0.1) is 13.3 Å². The molecule has 0 aliphatic carbocycles. The molecule has 0 aliphatic rings. The van der Waals surface area contributed by atoms with Gasteiger partial charge in [0, 0.05) is 6.54 Å². The van der Waals surface area contributed by atoms with Crippen LogP contribution >= 0.6 is 0 Å². The highest BCUT2D eigenvalue weighted by molar-refractivity contribution is 5.84. The molecule has 0 unspecified atom stereocenters. The lowest BCUT2D eigenvalue weighted by molar-refractivity contribution is 0.414. The number of anilines is 1. The van der Waals surface area contributed by atoms with Crippen LogP contribution in [0, 0.1) is 0 Å². The summed E-state index contributed by atoms with van der Waals surface area (Å²) >= 11 is 0. The third-order valence-electron chi connectivity index (χ3n) is 3.72. The van der Waals surface area contributed by atoms with Crippen LogP contribution in [0.5, 0.6) is 5.75 Å². The first kappa shape index (κ1) is 14.3. The maximum absolute atomic E-state index is 5.18. The fraction of sp³-hybridized carbons (Fsp3) is 0.312. The summed E-state index contributed by atoms with van der Waals surface area (Å²) in [6.07, 6.45) is 4.09. The van der Waals surface area contributed by atoms with E-state index in [9.17, 15) is 0 Å². The first-order valence-electron chi connectivity index (χ1n) is 7.21. The molecule has 1 atom stereocenters. The van der Waals surface area contributed by atoms with Crippen molar-refractivity contribution >= 4 is 16.9 Å². The van der Waals surface area contributed by atoms with E-state index in [1.165, 1.54) is 11.9 Å². The van der Waals surface area contributed by atoms with Gasteiger partial charge in [0.15, 0.2) is 0 Å². The summed E-state index contributed by atoms with van der Waals surface area (Å²) in [6.45, 7) is 3.02. The van der Waals surface area contributed by atoms with Gasteiger partial charge in [-0.15, -0.1) is 0 Å². The van der Waals surface area contributed by atoms with Crippen molar-refractivity contribution in [3.8, 4) is 5.75 Å². The molecule has 0 saturated heterocycles. The average Bonchev–Trinajstić information content (AvgIpc) is 3.04. The van der Waals surface area contributed by atoms with E-state index in [2.05, 4.69) is 39.5 Å². The van der Waals surface area contributed by atoms with Crippen molar-refractivity contribution in [1.82, 2.24) is 15.1 Å². The van der Waals surface area contributed by atoms with E-state index in [0.717, 1.165) is 29.9 Å². The SMILES string of the molecule is COc1ccc([C@H](C)CCNc2ncnc3oncc23)cc1. The van der Waals surface area contributed by atoms with Crippen LogP contribution < -0.4 is 10.1 Å². The molecule has 0 spiro atoms. The molecule has 114 valence electrons. The van der Waals surface area contributed by atoms with Crippen molar-refractivity contribution in [1.29, 1.82) is 0 Å². The van der Waals surface area contributed by atoms with Gasteiger partial charge in [0.1, 0.15) is 23.3 Å². The Labute approximate surface area is 128 Å². The van der Waals surface area contributed by atoms with Gasteiger partial charge < -0.3 is 14.6 Å². The van der Waals surface area contributed by atoms with Crippen LogP contribution in [0.25, 0.3) is 11.1 Å². The van der Waals surface area contributed by atoms with Gasteiger partial charge in [0.2, 0.25) is 0 Å². The fourth-order valence-corrected chi connectivity index (χ4v) is 2.34. The predicted molar refractivity (Wildman–Crippen MR) is 84.1 cm³/mol. The van der Waals surface area contributed by atoms with E-state index in [4.69, 9.17) is 9.26 Å². The second kappa shape index (κ2) is 6.43. The molecule has 6 heteroatoms. The summed E-state index contributed by atoms with van der Waals surface area (Å²) in [7, 11) is 1.68.